The molecular formula is C23H19ClN4O2S2. The van der Waals surface area contributed by atoms with Crippen LogP contribution in [0.1, 0.15) is 37.0 Å². The lowest BCUT2D eigenvalue weighted by atomic mass is 10.1. The lowest BCUT2D eigenvalue weighted by Gasteiger charge is -2.08. The lowest BCUT2D eigenvalue weighted by Crippen LogP contribution is -2.41. The van der Waals surface area contributed by atoms with Gasteiger partial charge >= 0.3 is 0 Å². The Bertz CT molecular complexity index is 1290. The van der Waals surface area contributed by atoms with Gasteiger partial charge in [0.1, 0.15) is 4.88 Å². The normalized spacial score (nSPS) is 10.8. The highest BCUT2D eigenvalue weighted by molar-refractivity contribution is 7.98. The molecule has 0 bridgehead atoms. The Morgan fingerprint density at radius 1 is 0.969 bits per heavy atom. The third-order valence-corrected chi connectivity index (χ3v) is 7.17. The molecule has 2 amide bonds. The van der Waals surface area contributed by atoms with E-state index in [1.807, 2.05) is 56.3 Å². The first-order valence-electron chi connectivity index (χ1n) is 9.72. The van der Waals surface area contributed by atoms with Crippen LogP contribution in [0.15, 0.2) is 59.8 Å². The fraction of sp³-hybridized carbons (Fsp3) is 0.130. The molecule has 0 unspecified atom stereocenters. The Labute approximate surface area is 198 Å². The number of aromatic nitrogens is 2. The summed E-state index contributed by atoms with van der Waals surface area (Å²) in [5.74, 6) is -0.176. The fourth-order valence-corrected chi connectivity index (χ4v) is 5.38. The number of rotatable bonds is 5. The molecule has 2 N–H and O–H groups in total. The van der Waals surface area contributed by atoms with Gasteiger partial charge in [0.15, 0.2) is 5.16 Å². The third-order valence-electron chi connectivity index (χ3n) is 4.58. The first-order chi connectivity index (χ1) is 15.4. The number of nitrogens with one attached hydrogen (secondary N) is 2. The van der Waals surface area contributed by atoms with Crippen molar-refractivity contribution >= 4 is 56.6 Å². The molecule has 9 heteroatoms. The first-order valence-corrected chi connectivity index (χ1v) is 11.9. The number of halogens is 1. The Morgan fingerprint density at radius 3 is 2.31 bits per heavy atom. The zero-order chi connectivity index (χ0) is 22.7. The number of fused-ring (bicyclic) bond motifs is 1. The van der Waals surface area contributed by atoms with Crippen molar-refractivity contribution in [1.29, 1.82) is 0 Å². The van der Waals surface area contributed by atoms with Crippen LogP contribution in [0.25, 0.3) is 10.1 Å². The lowest BCUT2D eigenvalue weighted by molar-refractivity contribution is 0.0849. The largest absolute Gasteiger partial charge is 0.281 e. The van der Waals surface area contributed by atoms with Gasteiger partial charge in [0.05, 0.1) is 5.02 Å². The molecule has 0 radical (unpaired) electrons. The number of thiophene rings is 1. The van der Waals surface area contributed by atoms with Crippen LogP contribution in [-0.4, -0.2) is 21.8 Å². The number of nitrogens with zero attached hydrogens (tertiary/aromatic N) is 2. The number of hydrogen-bond acceptors (Lipinski definition) is 6. The molecule has 162 valence electrons. The molecule has 0 saturated carbocycles. The second-order valence-electron chi connectivity index (χ2n) is 7.07. The highest BCUT2D eigenvalue weighted by Gasteiger charge is 2.17. The summed E-state index contributed by atoms with van der Waals surface area (Å²) in [6, 6.07) is 16.6. The quantitative estimate of drug-likeness (QED) is 0.228. The van der Waals surface area contributed by atoms with Crippen LogP contribution in [0, 0.1) is 13.8 Å². The van der Waals surface area contributed by atoms with Crippen LogP contribution < -0.4 is 10.9 Å². The van der Waals surface area contributed by atoms with E-state index < -0.39 is 11.8 Å². The van der Waals surface area contributed by atoms with E-state index in [0.29, 0.717) is 21.2 Å². The standard InChI is InChI=1S/C23H19ClN4O2S2/c1-13-11-14(2)26-23(25-13)31-12-15-7-9-16(10-8-15)21(29)27-28-22(30)20-19(24)17-5-3-4-6-18(17)32-20/h3-11H,12H2,1-2H3,(H,27,29)(H,28,30). The summed E-state index contributed by atoms with van der Waals surface area (Å²) < 4.78 is 0.911. The predicted molar refractivity (Wildman–Crippen MR) is 129 cm³/mol. The van der Waals surface area contributed by atoms with Crippen molar-refractivity contribution in [2.45, 2.75) is 24.8 Å². The number of thioether (sulfide) groups is 1. The number of hydrazine groups is 1. The molecular weight excluding hydrogens is 464 g/mol. The van der Waals surface area contributed by atoms with E-state index in [-0.39, 0.29) is 0 Å². The summed E-state index contributed by atoms with van der Waals surface area (Å²) in [5, 5.41) is 1.93. The number of carbonyl (C=O) groups excluding carboxylic acids is 2. The van der Waals surface area contributed by atoms with E-state index in [1.165, 1.54) is 23.1 Å². The molecule has 32 heavy (non-hydrogen) atoms. The molecule has 0 fully saturated rings. The maximum absolute atomic E-state index is 12.5. The van der Waals surface area contributed by atoms with Crippen LogP contribution in [0.5, 0.6) is 0 Å². The van der Waals surface area contributed by atoms with Gasteiger partial charge in [-0.25, -0.2) is 9.97 Å². The molecule has 4 rings (SSSR count). The van der Waals surface area contributed by atoms with Crippen LogP contribution in [-0.2, 0) is 5.75 Å². The van der Waals surface area contributed by atoms with Crippen LogP contribution >= 0.6 is 34.7 Å². The number of hydrogen-bond donors (Lipinski definition) is 2. The smallest absolute Gasteiger partial charge is 0.267 e. The Morgan fingerprint density at radius 2 is 1.62 bits per heavy atom. The average Bonchev–Trinajstić information content (AvgIpc) is 3.12. The number of amides is 2. The van der Waals surface area contributed by atoms with Crippen molar-refractivity contribution < 1.29 is 9.59 Å². The van der Waals surface area contributed by atoms with Gasteiger partial charge in [-0.3, -0.25) is 20.4 Å². The molecule has 0 aliphatic rings. The molecule has 6 nitrogen and oxygen atoms in total. The van der Waals surface area contributed by atoms with Gasteiger partial charge < -0.3 is 0 Å². The van der Waals surface area contributed by atoms with E-state index in [9.17, 15) is 9.59 Å². The zero-order valence-corrected chi connectivity index (χ0v) is 19.7. The molecule has 2 aromatic carbocycles. The highest BCUT2D eigenvalue weighted by atomic mass is 35.5. The van der Waals surface area contributed by atoms with Crippen molar-refractivity contribution in [3.63, 3.8) is 0 Å². The van der Waals surface area contributed by atoms with E-state index in [1.54, 1.807) is 12.1 Å². The van der Waals surface area contributed by atoms with E-state index in [2.05, 4.69) is 20.8 Å². The van der Waals surface area contributed by atoms with Gasteiger partial charge in [-0.05, 0) is 43.7 Å². The highest BCUT2D eigenvalue weighted by Crippen LogP contribution is 2.34. The van der Waals surface area contributed by atoms with Crippen LogP contribution in [0.2, 0.25) is 5.02 Å². The molecule has 4 aromatic rings. The Balaban J connectivity index is 1.34. The van der Waals surface area contributed by atoms with Crippen molar-refractivity contribution in [3.8, 4) is 0 Å². The number of carbonyl (C=O) groups is 2. The van der Waals surface area contributed by atoms with E-state index >= 15 is 0 Å². The zero-order valence-electron chi connectivity index (χ0n) is 17.3. The van der Waals surface area contributed by atoms with E-state index in [0.717, 1.165) is 32.2 Å². The molecule has 0 spiro atoms. The van der Waals surface area contributed by atoms with Gasteiger partial charge in [-0.15, -0.1) is 11.3 Å². The SMILES string of the molecule is Cc1cc(C)nc(SCc2ccc(C(=O)NNC(=O)c3sc4ccccc4c3Cl)cc2)n1. The topological polar surface area (TPSA) is 84.0 Å². The van der Waals surface area contributed by atoms with Gasteiger partial charge in [0, 0.05) is 32.8 Å². The van der Waals surface area contributed by atoms with E-state index in [4.69, 9.17) is 11.6 Å². The molecule has 2 heterocycles. The fourth-order valence-electron chi connectivity index (χ4n) is 3.06. The maximum Gasteiger partial charge on any atom is 0.281 e. The van der Waals surface area contributed by atoms with Crippen molar-refractivity contribution in [2.24, 2.45) is 0 Å². The van der Waals surface area contributed by atoms with Gasteiger partial charge in [0.25, 0.3) is 11.8 Å². The van der Waals surface area contributed by atoms with Crippen molar-refractivity contribution in [3.05, 3.63) is 87.0 Å². The minimum atomic E-state index is -0.453. The van der Waals surface area contributed by atoms with Crippen LogP contribution in [0.4, 0.5) is 0 Å². The van der Waals surface area contributed by atoms with Gasteiger partial charge in [0.2, 0.25) is 0 Å². The summed E-state index contributed by atoms with van der Waals surface area (Å²) >= 11 is 9.14. The van der Waals surface area contributed by atoms with Crippen molar-refractivity contribution in [1.82, 2.24) is 20.8 Å². The summed E-state index contributed by atoms with van der Waals surface area (Å²) in [6.07, 6.45) is 0. The Hall–Kier alpha value is -2.94. The number of benzene rings is 2. The minimum absolute atomic E-state index is 0.356. The maximum atomic E-state index is 12.5. The average molecular weight is 483 g/mol. The summed E-state index contributed by atoms with van der Waals surface area (Å²) in [7, 11) is 0. The van der Waals surface area contributed by atoms with Crippen molar-refractivity contribution in [2.75, 3.05) is 0 Å². The molecule has 0 atom stereocenters. The molecule has 0 aliphatic heterocycles. The Kier molecular flexibility index (Phi) is 6.74. The molecule has 2 aromatic heterocycles. The second-order valence-corrected chi connectivity index (χ2v) is 9.44. The second kappa shape index (κ2) is 9.68. The van der Waals surface area contributed by atoms with Gasteiger partial charge in [-0.1, -0.05) is 53.7 Å². The number of aryl methyl sites for hydroxylation is 2. The monoisotopic (exact) mass is 482 g/mol. The third kappa shape index (κ3) is 5.09. The molecule has 0 saturated heterocycles. The predicted octanol–water partition coefficient (Wildman–Crippen LogP) is 5.33. The van der Waals surface area contributed by atoms with Gasteiger partial charge in [-0.2, -0.15) is 0 Å². The molecule has 0 aliphatic carbocycles. The summed E-state index contributed by atoms with van der Waals surface area (Å²) in [5.41, 5.74) is 8.22. The summed E-state index contributed by atoms with van der Waals surface area (Å²) in [6.45, 7) is 3.89. The minimum Gasteiger partial charge on any atom is -0.267 e. The van der Waals surface area contributed by atoms with Crippen LogP contribution in [0.3, 0.4) is 0 Å². The summed E-state index contributed by atoms with van der Waals surface area (Å²) in [4.78, 5) is 34.1. The first kappa shape index (κ1) is 22.3.